The minimum absolute atomic E-state index is 0.0296. The maximum atomic E-state index is 12.3. The van der Waals surface area contributed by atoms with Gasteiger partial charge in [0.2, 0.25) is 11.8 Å². The maximum Gasteiger partial charge on any atom is 0.337 e. The largest absolute Gasteiger partial charge is 0.465 e. The summed E-state index contributed by atoms with van der Waals surface area (Å²) >= 11 is 6.07. The van der Waals surface area contributed by atoms with Crippen LogP contribution < -0.4 is 10.2 Å². The number of rotatable bonds is 6. The number of carbonyl (C=O) groups excluding carboxylic acids is 3. The van der Waals surface area contributed by atoms with Gasteiger partial charge in [-0.15, -0.1) is 0 Å². The van der Waals surface area contributed by atoms with Crippen molar-refractivity contribution in [3.8, 4) is 6.07 Å². The monoisotopic (exact) mass is 399 g/mol. The number of nitrogens with one attached hydrogen (secondary N) is 1. The molecule has 0 atom stereocenters. The fourth-order valence-electron chi connectivity index (χ4n) is 2.54. The third-order valence-electron chi connectivity index (χ3n) is 3.92. The second-order valence-corrected chi connectivity index (χ2v) is 6.19. The zero-order valence-corrected chi connectivity index (χ0v) is 16.1. The van der Waals surface area contributed by atoms with E-state index in [0.717, 1.165) is 0 Å². The first kappa shape index (κ1) is 20.9. The van der Waals surface area contributed by atoms with E-state index in [9.17, 15) is 19.6 Å². The van der Waals surface area contributed by atoms with Gasteiger partial charge in [0.25, 0.3) is 0 Å². The Hall–Kier alpha value is -3.37. The number of para-hydroxylation sites is 1. The minimum Gasteiger partial charge on any atom is -0.465 e. The Morgan fingerprint density at radius 3 is 2.57 bits per heavy atom. The molecule has 2 aromatic carbocycles. The lowest BCUT2D eigenvalue weighted by Crippen LogP contribution is -2.32. The standard InChI is InChI=1S/C20H18ClN3O4/c1-13(25)24(18-6-4-3-5-15(18)12-22)10-9-19(26)23-17-11-14(20(27)28-2)7-8-16(17)21/h3-8,11H,9-10H2,1-2H3,(H,23,26). The van der Waals surface area contributed by atoms with Gasteiger partial charge in [0.15, 0.2) is 0 Å². The molecule has 0 unspecified atom stereocenters. The van der Waals surface area contributed by atoms with Crippen molar-refractivity contribution in [3.05, 3.63) is 58.6 Å². The summed E-state index contributed by atoms with van der Waals surface area (Å²) in [5, 5.41) is 12.1. The molecular weight excluding hydrogens is 382 g/mol. The van der Waals surface area contributed by atoms with Gasteiger partial charge >= 0.3 is 5.97 Å². The molecule has 2 aromatic rings. The van der Waals surface area contributed by atoms with Crippen molar-refractivity contribution in [1.82, 2.24) is 0 Å². The van der Waals surface area contributed by atoms with Crippen molar-refractivity contribution in [2.75, 3.05) is 23.9 Å². The van der Waals surface area contributed by atoms with E-state index in [4.69, 9.17) is 11.6 Å². The van der Waals surface area contributed by atoms with Crippen LogP contribution in [-0.2, 0) is 14.3 Å². The number of ether oxygens (including phenoxy) is 1. The van der Waals surface area contributed by atoms with E-state index in [1.807, 2.05) is 6.07 Å². The predicted octanol–water partition coefficient (Wildman–Crippen LogP) is 3.38. The van der Waals surface area contributed by atoms with Gasteiger partial charge in [-0.2, -0.15) is 5.26 Å². The number of anilines is 2. The van der Waals surface area contributed by atoms with Gasteiger partial charge in [-0.3, -0.25) is 9.59 Å². The van der Waals surface area contributed by atoms with E-state index >= 15 is 0 Å². The lowest BCUT2D eigenvalue weighted by atomic mass is 10.1. The fraction of sp³-hybridized carbons (Fsp3) is 0.200. The summed E-state index contributed by atoms with van der Waals surface area (Å²) in [4.78, 5) is 37.3. The lowest BCUT2D eigenvalue weighted by molar-refractivity contribution is -0.117. The first-order valence-corrected chi connectivity index (χ1v) is 8.70. The van der Waals surface area contributed by atoms with Crippen molar-refractivity contribution in [2.24, 2.45) is 0 Å². The van der Waals surface area contributed by atoms with Crippen LogP contribution in [0.3, 0.4) is 0 Å². The van der Waals surface area contributed by atoms with Gasteiger partial charge in [-0.25, -0.2) is 4.79 Å². The molecule has 0 saturated carbocycles. The molecule has 8 heteroatoms. The van der Waals surface area contributed by atoms with Gasteiger partial charge in [0.05, 0.1) is 34.6 Å². The highest BCUT2D eigenvalue weighted by Gasteiger charge is 2.17. The molecule has 1 N–H and O–H groups in total. The summed E-state index contributed by atoms with van der Waals surface area (Å²) in [6, 6.07) is 13.1. The molecule has 0 spiro atoms. The van der Waals surface area contributed by atoms with Crippen molar-refractivity contribution in [3.63, 3.8) is 0 Å². The van der Waals surface area contributed by atoms with Gasteiger partial charge in [-0.1, -0.05) is 23.7 Å². The molecule has 0 saturated heterocycles. The number of amides is 2. The molecule has 0 aliphatic heterocycles. The number of hydrogen-bond donors (Lipinski definition) is 1. The molecular formula is C20H18ClN3O4. The first-order chi connectivity index (χ1) is 13.4. The number of esters is 1. The lowest BCUT2D eigenvalue weighted by Gasteiger charge is -2.22. The zero-order chi connectivity index (χ0) is 20.7. The van der Waals surface area contributed by atoms with Crippen LogP contribution in [0.2, 0.25) is 5.02 Å². The van der Waals surface area contributed by atoms with Crippen LogP contribution in [0.25, 0.3) is 0 Å². The zero-order valence-electron chi connectivity index (χ0n) is 15.4. The summed E-state index contributed by atoms with van der Waals surface area (Å²) in [6.07, 6.45) is -0.0296. The summed E-state index contributed by atoms with van der Waals surface area (Å²) < 4.78 is 4.65. The van der Waals surface area contributed by atoms with Crippen LogP contribution in [0.4, 0.5) is 11.4 Å². The first-order valence-electron chi connectivity index (χ1n) is 8.32. The average Bonchev–Trinajstić information content (AvgIpc) is 2.69. The van der Waals surface area contributed by atoms with Crippen molar-refractivity contribution >= 4 is 40.8 Å². The topological polar surface area (TPSA) is 99.5 Å². The Balaban J connectivity index is 2.11. The number of benzene rings is 2. The normalized spacial score (nSPS) is 9.93. The van der Waals surface area contributed by atoms with Gasteiger partial charge in [-0.05, 0) is 30.3 Å². The molecule has 2 rings (SSSR count). The van der Waals surface area contributed by atoms with Gasteiger partial charge < -0.3 is 15.0 Å². The molecule has 28 heavy (non-hydrogen) atoms. The van der Waals surface area contributed by atoms with Crippen molar-refractivity contribution < 1.29 is 19.1 Å². The highest BCUT2D eigenvalue weighted by Crippen LogP contribution is 2.24. The Morgan fingerprint density at radius 1 is 1.21 bits per heavy atom. The Morgan fingerprint density at radius 2 is 1.93 bits per heavy atom. The molecule has 0 fully saturated rings. The van der Waals surface area contributed by atoms with Gasteiger partial charge in [0.1, 0.15) is 6.07 Å². The predicted molar refractivity (Wildman–Crippen MR) is 105 cm³/mol. The van der Waals surface area contributed by atoms with E-state index in [0.29, 0.717) is 11.3 Å². The molecule has 0 radical (unpaired) electrons. The summed E-state index contributed by atoms with van der Waals surface area (Å²) in [6.45, 7) is 1.44. The molecule has 0 aromatic heterocycles. The maximum absolute atomic E-state index is 12.3. The fourth-order valence-corrected chi connectivity index (χ4v) is 2.71. The minimum atomic E-state index is -0.553. The third-order valence-corrected chi connectivity index (χ3v) is 4.25. The average molecular weight is 400 g/mol. The third kappa shape index (κ3) is 5.09. The summed E-state index contributed by atoms with van der Waals surface area (Å²) in [7, 11) is 1.25. The number of methoxy groups -OCH3 is 1. The number of halogens is 1. The van der Waals surface area contributed by atoms with Crippen molar-refractivity contribution in [1.29, 1.82) is 5.26 Å². The smallest absolute Gasteiger partial charge is 0.337 e. The van der Waals surface area contributed by atoms with Crippen LogP contribution in [0.5, 0.6) is 0 Å². The summed E-state index contributed by atoms with van der Waals surface area (Å²) in [5.74, 6) is -1.24. The van der Waals surface area contributed by atoms with E-state index in [-0.39, 0.29) is 35.1 Å². The SMILES string of the molecule is COC(=O)c1ccc(Cl)c(NC(=O)CCN(C(C)=O)c2ccccc2C#N)c1. The van der Waals surface area contributed by atoms with Crippen LogP contribution >= 0.6 is 11.6 Å². The molecule has 0 aliphatic carbocycles. The molecule has 2 amide bonds. The van der Waals surface area contributed by atoms with Crippen LogP contribution in [0, 0.1) is 11.3 Å². The second kappa shape index (κ2) is 9.53. The molecule has 0 bridgehead atoms. The summed E-state index contributed by atoms with van der Waals surface area (Å²) in [5.41, 5.74) is 1.29. The number of nitrogens with zero attached hydrogens (tertiary/aromatic N) is 2. The highest BCUT2D eigenvalue weighted by molar-refractivity contribution is 6.33. The van der Waals surface area contributed by atoms with Crippen LogP contribution in [-0.4, -0.2) is 31.4 Å². The Labute approximate surface area is 167 Å². The Bertz CT molecular complexity index is 953. The Kier molecular flexibility index (Phi) is 7.13. The molecule has 0 aliphatic rings. The van der Waals surface area contributed by atoms with Crippen LogP contribution in [0.15, 0.2) is 42.5 Å². The number of nitriles is 1. The van der Waals surface area contributed by atoms with E-state index in [2.05, 4.69) is 10.1 Å². The quantitative estimate of drug-likeness (QED) is 0.750. The molecule has 7 nitrogen and oxygen atoms in total. The number of carbonyl (C=O) groups is 3. The number of hydrogen-bond acceptors (Lipinski definition) is 5. The van der Waals surface area contributed by atoms with Crippen LogP contribution in [0.1, 0.15) is 29.3 Å². The van der Waals surface area contributed by atoms with E-state index in [1.54, 1.807) is 24.3 Å². The highest BCUT2D eigenvalue weighted by atomic mass is 35.5. The van der Waals surface area contributed by atoms with E-state index < -0.39 is 11.9 Å². The molecule has 0 heterocycles. The molecule has 144 valence electrons. The second-order valence-electron chi connectivity index (χ2n) is 5.78. The van der Waals surface area contributed by atoms with Gasteiger partial charge in [0, 0.05) is 19.9 Å². The van der Waals surface area contributed by atoms with Crippen molar-refractivity contribution in [2.45, 2.75) is 13.3 Å². The van der Waals surface area contributed by atoms with E-state index in [1.165, 1.54) is 37.1 Å².